The minimum Gasteiger partial charge on any atom is -0.352 e. The van der Waals surface area contributed by atoms with Crippen LogP contribution in [-0.4, -0.2) is 16.0 Å². The molecule has 0 aliphatic carbocycles. The van der Waals surface area contributed by atoms with E-state index in [1.54, 1.807) is 13.8 Å². The predicted octanol–water partition coefficient (Wildman–Crippen LogP) is 5.44. The largest absolute Gasteiger partial charge is 0.433 e. The molecule has 1 heterocycles. The lowest BCUT2D eigenvalue weighted by Crippen LogP contribution is -2.17. The highest BCUT2D eigenvalue weighted by Gasteiger charge is 2.34. The summed E-state index contributed by atoms with van der Waals surface area (Å²) < 4.78 is 40.2. The van der Waals surface area contributed by atoms with Gasteiger partial charge in [-0.05, 0) is 51.0 Å². The summed E-state index contributed by atoms with van der Waals surface area (Å²) in [7, 11) is 0. The second kappa shape index (κ2) is 6.96. The smallest absolute Gasteiger partial charge is 0.352 e. The van der Waals surface area contributed by atoms with E-state index in [-0.39, 0.29) is 17.8 Å². The molecule has 0 spiro atoms. The zero-order chi connectivity index (χ0) is 18.1. The monoisotopic (exact) mass is 402 g/mol. The van der Waals surface area contributed by atoms with E-state index in [4.69, 9.17) is 0 Å². The molecule has 24 heavy (non-hydrogen) atoms. The molecule has 0 amide bonds. The van der Waals surface area contributed by atoms with Gasteiger partial charge in [0.05, 0.1) is 0 Å². The molecule has 8 heteroatoms. The number of hydrogen-bond donors (Lipinski definition) is 2. The molecule has 0 unspecified atom stereocenters. The number of aromatic nitrogens is 2. The maximum absolute atomic E-state index is 13.1. The molecule has 1 aromatic carbocycles. The van der Waals surface area contributed by atoms with Crippen LogP contribution in [-0.2, 0) is 6.18 Å². The molecule has 0 saturated carbocycles. The van der Waals surface area contributed by atoms with Gasteiger partial charge in [-0.15, -0.1) is 0 Å². The van der Waals surface area contributed by atoms with Gasteiger partial charge in [-0.3, -0.25) is 0 Å². The van der Waals surface area contributed by atoms with Crippen LogP contribution in [0.1, 0.15) is 30.7 Å². The molecular weight excluding hydrogens is 385 g/mol. The highest BCUT2D eigenvalue weighted by atomic mass is 79.9. The molecule has 0 radical (unpaired) electrons. The average molecular weight is 403 g/mol. The van der Waals surface area contributed by atoms with Crippen molar-refractivity contribution in [2.75, 3.05) is 10.6 Å². The van der Waals surface area contributed by atoms with E-state index in [9.17, 15) is 13.2 Å². The topological polar surface area (TPSA) is 49.8 Å². The fourth-order valence-electron chi connectivity index (χ4n) is 2.22. The van der Waals surface area contributed by atoms with Gasteiger partial charge in [-0.25, -0.2) is 4.98 Å². The van der Waals surface area contributed by atoms with Gasteiger partial charge >= 0.3 is 6.18 Å². The van der Waals surface area contributed by atoms with Crippen LogP contribution in [0.2, 0.25) is 0 Å². The first-order valence-electron chi connectivity index (χ1n) is 7.33. The van der Waals surface area contributed by atoms with Crippen LogP contribution >= 0.6 is 15.9 Å². The number of alkyl halides is 3. The van der Waals surface area contributed by atoms with Crippen molar-refractivity contribution in [2.24, 2.45) is 0 Å². The lowest BCUT2D eigenvalue weighted by molar-refractivity contribution is -0.141. The summed E-state index contributed by atoms with van der Waals surface area (Å²) in [6, 6.07) is 4.59. The molecule has 0 aliphatic heterocycles. The molecule has 4 nitrogen and oxygen atoms in total. The first-order valence-corrected chi connectivity index (χ1v) is 8.12. The van der Waals surface area contributed by atoms with E-state index >= 15 is 0 Å². The van der Waals surface area contributed by atoms with Crippen LogP contribution in [0.5, 0.6) is 0 Å². The molecule has 0 fully saturated rings. The normalized spacial score (nSPS) is 11.7. The third-order valence-corrected chi connectivity index (χ3v) is 3.64. The first-order chi connectivity index (χ1) is 11.1. The summed E-state index contributed by atoms with van der Waals surface area (Å²) in [5.41, 5.74) is 1.52. The molecule has 2 rings (SSSR count). The van der Waals surface area contributed by atoms with Gasteiger partial charge in [0.25, 0.3) is 0 Å². The van der Waals surface area contributed by atoms with Gasteiger partial charge in [0.15, 0.2) is 5.69 Å². The summed E-state index contributed by atoms with van der Waals surface area (Å²) in [4.78, 5) is 7.69. The maximum Gasteiger partial charge on any atom is 0.433 e. The third-order valence-electron chi connectivity index (χ3n) is 3.18. The Morgan fingerprint density at radius 3 is 2.12 bits per heavy atom. The molecule has 1 aromatic heterocycles. The van der Waals surface area contributed by atoms with E-state index < -0.39 is 11.9 Å². The van der Waals surface area contributed by atoms with E-state index in [0.29, 0.717) is 0 Å². The quantitative estimate of drug-likeness (QED) is 0.714. The standard InChI is InChI=1S/C16H18BrF3N4/c1-8(2)21-15-22-12(16(18,19)20)7-13(24-15)23-14-9(3)5-11(17)6-10(14)4/h5-8H,1-4H3,(H2,21,22,23,24). The van der Waals surface area contributed by atoms with E-state index in [2.05, 4.69) is 36.5 Å². The molecule has 2 aromatic rings. The Balaban J connectivity index is 2.46. The minimum absolute atomic E-state index is 0.0604. The maximum atomic E-state index is 13.1. The summed E-state index contributed by atoms with van der Waals surface area (Å²) >= 11 is 3.40. The fraction of sp³-hybridized carbons (Fsp3) is 0.375. The van der Waals surface area contributed by atoms with Crippen LogP contribution in [0.25, 0.3) is 0 Å². The highest BCUT2D eigenvalue weighted by molar-refractivity contribution is 9.10. The van der Waals surface area contributed by atoms with Gasteiger partial charge in [-0.1, -0.05) is 15.9 Å². The van der Waals surface area contributed by atoms with Crippen molar-refractivity contribution in [2.45, 2.75) is 39.9 Å². The molecule has 0 saturated heterocycles. The Hall–Kier alpha value is -1.83. The fourth-order valence-corrected chi connectivity index (χ4v) is 2.90. The molecular formula is C16H18BrF3N4. The number of nitrogens with zero attached hydrogens (tertiary/aromatic N) is 2. The number of anilines is 3. The number of rotatable bonds is 4. The van der Waals surface area contributed by atoms with Gasteiger partial charge in [0, 0.05) is 22.3 Å². The van der Waals surface area contributed by atoms with Crippen molar-refractivity contribution in [3.8, 4) is 0 Å². The number of nitrogens with one attached hydrogen (secondary N) is 2. The lowest BCUT2D eigenvalue weighted by atomic mass is 10.1. The second-order valence-electron chi connectivity index (χ2n) is 5.80. The Morgan fingerprint density at radius 1 is 1.04 bits per heavy atom. The molecule has 0 bridgehead atoms. The number of aryl methyl sites for hydroxylation is 2. The lowest BCUT2D eigenvalue weighted by Gasteiger charge is -2.16. The summed E-state index contributed by atoms with van der Waals surface area (Å²) in [5.74, 6) is 0.0312. The Bertz CT molecular complexity index is 722. The summed E-state index contributed by atoms with van der Waals surface area (Å²) in [6.07, 6.45) is -4.55. The Kier molecular flexibility index (Phi) is 5.37. The van der Waals surface area contributed by atoms with Crippen LogP contribution in [0, 0.1) is 13.8 Å². The van der Waals surface area contributed by atoms with E-state index in [1.807, 2.05) is 26.0 Å². The zero-order valence-corrected chi connectivity index (χ0v) is 15.3. The van der Waals surface area contributed by atoms with Crippen LogP contribution in [0.3, 0.4) is 0 Å². The molecule has 0 aliphatic rings. The van der Waals surface area contributed by atoms with Gasteiger partial charge < -0.3 is 10.6 Å². The third kappa shape index (κ3) is 4.59. The average Bonchev–Trinajstić information content (AvgIpc) is 2.40. The van der Waals surface area contributed by atoms with Crippen LogP contribution < -0.4 is 10.6 Å². The van der Waals surface area contributed by atoms with Crippen molar-refractivity contribution in [1.29, 1.82) is 0 Å². The van der Waals surface area contributed by atoms with Gasteiger partial charge in [-0.2, -0.15) is 18.2 Å². The zero-order valence-electron chi connectivity index (χ0n) is 13.7. The van der Waals surface area contributed by atoms with Gasteiger partial charge in [0.1, 0.15) is 5.82 Å². The molecule has 130 valence electrons. The van der Waals surface area contributed by atoms with Crippen molar-refractivity contribution < 1.29 is 13.2 Å². The van der Waals surface area contributed by atoms with Crippen LogP contribution in [0.15, 0.2) is 22.7 Å². The Morgan fingerprint density at radius 2 is 1.62 bits per heavy atom. The van der Waals surface area contributed by atoms with E-state index in [0.717, 1.165) is 27.4 Å². The van der Waals surface area contributed by atoms with Crippen LogP contribution in [0.4, 0.5) is 30.6 Å². The van der Waals surface area contributed by atoms with Crippen molar-refractivity contribution in [1.82, 2.24) is 9.97 Å². The molecule has 2 N–H and O–H groups in total. The number of hydrogen-bond acceptors (Lipinski definition) is 4. The van der Waals surface area contributed by atoms with E-state index in [1.165, 1.54) is 0 Å². The summed E-state index contributed by atoms with van der Waals surface area (Å²) in [5, 5.41) is 5.79. The first kappa shape index (κ1) is 18.5. The number of benzene rings is 1. The molecule has 0 atom stereocenters. The minimum atomic E-state index is -4.55. The predicted molar refractivity (Wildman–Crippen MR) is 92.7 cm³/mol. The summed E-state index contributed by atoms with van der Waals surface area (Å²) in [6.45, 7) is 7.36. The van der Waals surface area contributed by atoms with Gasteiger partial charge in [0.2, 0.25) is 5.95 Å². The van der Waals surface area contributed by atoms with Crippen molar-refractivity contribution in [3.05, 3.63) is 39.5 Å². The number of halogens is 4. The van der Waals surface area contributed by atoms with Crippen molar-refractivity contribution in [3.63, 3.8) is 0 Å². The van der Waals surface area contributed by atoms with Crippen molar-refractivity contribution >= 4 is 33.4 Å². The second-order valence-corrected chi connectivity index (χ2v) is 6.71. The SMILES string of the molecule is Cc1cc(Br)cc(C)c1Nc1cc(C(F)(F)F)nc(NC(C)C)n1. The highest BCUT2D eigenvalue weighted by Crippen LogP contribution is 2.32. The Labute approximate surface area is 147 Å².